The molecule has 0 unspecified atom stereocenters. The Morgan fingerprint density at radius 3 is 2.14 bits per heavy atom. The van der Waals surface area contributed by atoms with Crippen molar-refractivity contribution in [3.8, 4) is 0 Å². The Hall–Kier alpha value is 0.0395. The van der Waals surface area contributed by atoms with E-state index in [2.05, 4.69) is 3.82 Å². The zero-order chi connectivity index (χ0) is 5.91. The van der Waals surface area contributed by atoms with E-state index in [9.17, 15) is 7.67 Å². The van der Waals surface area contributed by atoms with Gasteiger partial charge in [-0.25, -0.2) is 0 Å². The molecule has 7 heavy (non-hydrogen) atoms. The molecule has 0 amide bonds. The van der Waals surface area contributed by atoms with Crippen LogP contribution in [0, 0.1) is 0 Å². The molecule has 0 radical (unpaired) electrons. The maximum absolute atomic E-state index is 9.64. The van der Waals surface area contributed by atoms with Gasteiger partial charge in [-0.05, 0) is 0 Å². The molecule has 0 aromatic carbocycles. The summed E-state index contributed by atoms with van der Waals surface area (Å²) in [5.41, 5.74) is 0. The van der Waals surface area contributed by atoms with Crippen molar-refractivity contribution in [3.63, 3.8) is 0 Å². The van der Waals surface area contributed by atoms with Gasteiger partial charge in [0, 0.05) is 0 Å². The third-order valence-corrected chi connectivity index (χ3v) is 1.39. The second-order valence-electron chi connectivity index (χ2n) is 0.834. The first-order valence-corrected chi connectivity index (χ1v) is 4.54. The molecule has 0 bridgehead atoms. The first kappa shape index (κ1) is 7.04. The standard InChI is InChI=1S/C2H6O4Se/c1-2-6-7(3,4)5/h2H2,1H3,(H,3,4,5). The molecule has 0 aromatic heterocycles. The third kappa shape index (κ3) is 6.04. The fourth-order valence-corrected chi connectivity index (χ4v) is 0.774. The fraction of sp³-hybridized carbons (Fsp3) is 1.00. The van der Waals surface area contributed by atoms with Crippen molar-refractivity contribution in [3.05, 3.63) is 0 Å². The van der Waals surface area contributed by atoms with Crippen LogP contribution < -0.4 is 0 Å². The molecule has 0 rings (SSSR count). The van der Waals surface area contributed by atoms with Gasteiger partial charge in [0.2, 0.25) is 0 Å². The van der Waals surface area contributed by atoms with Gasteiger partial charge in [0.1, 0.15) is 0 Å². The van der Waals surface area contributed by atoms with Crippen molar-refractivity contribution < 1.29 is 15.7 Å². The molecule has 0 heterocycles. The molecule has 0 aromatic rings. The number of hydrogen-bond donors (Lipinski definition) is 1. The first-order chi connectivity index (χ1) is 3.06. The zero-order valence-corrected chi connectivity index (χ0v) is 5.50. The molecule has 0 saturated heterocycles. The van der Waals surface area contributed by atoms with Crippen LogP contribution in [-0.2, 0) is 11.5 Å². The van der Waals surface area contributed by atoms with Crippen molar-refractivity contribution in [2.75, 3.05) is 6.61 Å². The van der Waals surface area contributed by atoms with Gasteiger partial charge in [-0.2, -0.15) is 0 Å². The molecule has 0 fully saturated rings. The van der Waals surface area contributed by atoms with Crippen molar-refractivity contribution in [1.82, 2.24) is 0 Å². The average molecular weight is 173 g/mol. The molecule has 44 valence electrons. The Morgan fingerprint density at radius 1 is 1.71 bits per heavy atom. The van der Waals surface area contributed by atoms with Crippen LogP contribution in [0.3, 0.4) is 0 Å². The van der Waals surface area contributed by atoms with Crippen molar-refractivity contribution >= 4 is 13.4 Å². The Bertz CT molecular complexity index is 123. The summed E-state index contributed by atoms with van der Waals surface area (Å²) in [6.45, 7) is 1.49. The van der Waals surface area contributed by atoms with Gasteiger partial charge < -0.3 is 0 Å². The second kappa shape index (κ2) is 2.37. The Morgan fingerprint density at radius 2 is 2.14 bits per heavy atom. The molecule has 0 spiro atoms. The fourth-order valence-electron chi connectivity index (χ4n) is 0.149. The predicted molar refractivity (Wildman–Crippen MR) is 21.0 cm³/mol. The Kier molecular flexibility index (Phi) is 2.39. The topological polar surface area (TPSA) is 63.6 Å². The molecule has 1 N–H and O–H groups in total. The van der Waals surface area contributed by atoms with Gasteiger partial charge in [-0.15, -0.1) is 0 Å². The summed E-state index contributed by atoms with van der Waals surface area (Å²) in [6.07, 6.45) is 0. The zero-order valence-electron chi connectivity index (χ0n) is 3.79. The van der Waals surface area contributed by atoms with E-state index in [0.29, 0.717) is 0 Å². The van der Waals surface area contributed by atoms with Crippen LogP contribution in [-0.4, -0.2) is 24.2 Å². The van der Waals surface area contributed by atoms with Crippen LogP contribution in [0.2, 0.25) is 0 Å². The summed E-state index contributed by atoms with van der Waals surface area (Å²) >= 11 is -4.81. The summed E-state index contributed by atoms with van der Waals surface area (Å²) in [6, 6.07) is 0. The third-order valence-electron chi connectivity index (χ3n) is 0.267. The molecule has 0 aliphatic rings. The summed E-state index contributed by atoms with van der Waals surface area (Å²) in [4.78, 5) is 0. The van der Waals surface area contributed by atoms with Crippen LogP contribution in [0.1, 0.15) is 6.92 Å². The molecule has 0 aliphatic heterocycles. The molecule has 5 heteroatoms. The SMILES string of the molecule is CCO[Se](=O)(=O)O. The minimum atomic E-state index is -4.81. The van der Waals surface area contributed by atoms with Gasteiger partial charge in [0.25, 0.3) is 0 Å². The van der Waals surface area contributed by atoms with Crippen LogP contribution in [0.15, 0.2) is 0 Å². The van der Waals surface area contributed by atoms with Crippen molar-refractivity contribution in [1.29, 1.82) is 0 Å². The van der Waals surface area contributed by atoms with E-state index in [-0.39, 0.29) is 6.61 Å². The predicted octanol–water partition coefficient (Wildman–Crippen LogP) is -0.688. The first-order valence-electron chi connectivity index (χ1n) is 1.68. The molecular weight excluding hydrogens is 167 g/mol. The summed E-state index contributed by atoms with van der Waals surface area (Å²) < 4.78 is 30.9. The molecule has 0 saturated carbocycles. The van der Waals surface area contributed by atoms with Gasteiger partial charge in [0.15, 0.2) is 0 Å². The average Bonchev–Trinajstić information content (AvgIpc) is 1.30. The minimum absolute atomic E-state index is 0.00347. The van der Waals surface area contributed by atoms with Gasteiger partial charge in [-0.3, -0.25) is 0 Å². The normalized spacial score (nSPS) is 11.7. The summed E-state index contributed by atoms with van der Waals surface area (Å²) in [7, 11) is 0. The maximum atomic E-state index is 9.64. The quantitative estimate of drug-likeness (QED) is 0.561. The van der Waals surface area contributed by atoms with E-state index < -0.39 is 13.4 Å². The van der Waals surface area contributed by atoms with E-state index in [1.165, 1.54) is 6.92 Å². The second-order valence-corrected chi connectivity index (χ2v) is 3.12. The molecular formula is C2H6O4Se. The number of hydrogen-bond acceptors (Lipinski definition) is 3. The Balaban J connectivity index is 3.60. The van der Waals surface area contributed by atoms with Crippen LogP contribution in [0.25, 0.3) is 0 Å². The molecule has 4 nitrogen and oxygen atoms in total. The van der Waals surface area contributed by atoms with Crippen molar-refractivity contribution in [2.24, 2.45) is 0 Å². The summed E-state index contributed by atoms with van der Waals surface area (Å²) in [5.74, 6) is 0. The van der Waals surface area contributed by atoms with Gasteiger partial charge in [0.05, 0.1) is 0 Å². The van der Waals surface area contributed by atoms with Gasteiger partial charge in [-0.1, -0.05) is 0 Å². The van der Waals surface area contributed by atoms with E-state index >= 15 is 0 Å². The monoisotopic (exact) mass is 174 g/mol. The number of rotatable bonds is 2. The van der Waals surface area contributed by atoms with Crippen LogP contribution >= 0.6 is 0 Å². The van der Waals surface area contributed by atoms with Gasteiger partial charge >= 0.3 is 42.6 Å². The Labute approximate surface area is 43.4 Å². The van der Waals surface area contributed by atoms with E-state index in [1.807, 2.05) is 0 Å². The van der Waals surface area contributed by atoms with E-state index in [0.717, 1.165) is 0 Å². The van der Waals surface area contributed by atoms with E-state index in [4.69, 9.17) is 4.19 Å². The van der Waals surface area contributed by atoms with Crippen molar-refractivity contribution in [2.45, 2.75) is 6.92 Å². The summed E-state index contributed by atoms with van der Waals surface area (Å²) in [5, 5.41) is 0. The van der Waals surface area contributed by atoms with Crippen LogP contribution in [0.4, 0.5) is 0 Å². The van der Waals surface area contributed by atoms with Crippen LogP contribution in [0.5, 0.6) is 0 Å². The van der Waals surface area contributed by atoms with E-state index in [1.54, 1.807) is 0 Å². The molecule has 0 atom stereocenters. The molecule has 0 aliphatic carbocycles.